The van der Waals surface area contributed by atoms with Crippen molar-refractivity contribution in [2.24, 2.45) is 46.3 Å². The van der Waals surface area contributed by atoms with Gasteiger partial charge in [0.2, 0.25) is 0 Å². The fourth-order valence-electron chi connectivity index (χ4n) is 10.2. The van der Waals surface area contributed by atoms with Gasteiger partial charge in [-0.1, -0.05) is 20.8 Å². The van der Waals surface area contributed by atoms with Crippen molar-refractivity contribution < 1.29 is 38.1 Å². The zero-order valence-corrected chi connectivity index (χ0v) is 24.7. The molecule has 220 valence electrons. The van der Waals surface area contributed by atoms with Gasteiger partial charge in [-0.05, 0) is 73.5 Å². The largest absolute Gasteiger partial charge is 0.469 e. The molecule has 39 heavy (non-hydrogen) atoms. The van der Waals surface area contributed by atoms with Gasteiger partial charge in [-0.15, -0.1) is 0 Å². The van der Waals surface area contributed by atoms with E-state index in [1.165, 1.54) is 21.0 Å². The number of esters is 3. The molecule has 1 heterocycles. The van der Waals surface area contributed by atoms with Gasteiger partial charge in [0.25, 0.3) is 0 Å². The summed E-state index contributed by atoms with van der Waals surface area (Å²) < 4.78 is 29.6. The molecule has 0 aromatic carbocycles. The molecule has 4 saturated carbocycles. The minimum atomic E-state index is -0.510. The third-order valence-corrected chi connectivity index (χ3v) is 12.0. The van der Waals surface area contributed by atoms with Crippen LogP contribution < -0.4 is 0 Å². The van der Waals surface area contributed by atoms with Crippen molar-refractivity contribution in [1.29, 1.82) is 0 Å². The molecule has 0 aromatic heterocycles. The molecule has 4 aliphatic carbocycles. The Balaban J connectivity index is 1.50. The Hall–Kier alpha value is -1.67. The lowest BCUT2D eigenvalue weighted by Crippen LogP contribution is -2.64. The fourth-order valence-corrected chi connectivity index (χ4v) is 10.2. The highest BCUT2D eigenvalue weighted by molar-refractivity contribution is 5.69. The molecule has 5 aliphatic rings. The van der Waals surface area contributed by atoms with Crippen molar-refractivity contribution in [3.63, 3.8) is 0 Å². The molecular weight excluding hydrogens is 500 g/mol. The standard InChI is InChI=1S/C31H48O8/c1-18(7-10-27(34)35-6)22-8-9-23-28-24(16-26(30(22,23)5)39-20(3)33)29(4)11-12-31(36-13-14-37-31)17-21(29)15-25(28)38-19(2)32/h18,21-26,28H,7-17H2,1-6H3/t18-,21-,22-,23+,24+,25-,26+,28+,29+,30-/m1/s1. The first-order valence-corrected chi connectivity index (χ1v) is 15.1. The lowest BCUT2D eigenvalue weighted by Gasteiger charge is -2.64. The molecule has 8 heteroatoms. The zero-order valence-electron chi connectivity index (χ0n) is 24.7. The number of hydrogen-bond acceptors (Lipinski definition) is 8. The number of fused-ring (bicyclic) bond motifs is 5. The fraction of sp³-hybridized carbons (Fsp3) is 0.903. The van der Waals surface area contributed by atoms with Gasteiger partial charge in [-0.2, -0.15) is 0 Å². The smallest absolute Gasteiger partial charge is 0.305 e. The quantitative estimate of drug-likeness (QED) is 0.336. The SMILES string of the molecule is COC(=O)CC[C@@H](C)[C@H]1CC[C@H]2[C@@H]3[C@H](OC(C)=O)C[C@@H]4CC5(CC[C@]4(C)[C@H]3C[C@H](OC(C)=O)[C@]12C)OCCO5. The normalized spacial score (nSPS) is 43.1. The van der Waals surface area contributed by atoms with Gasteiger partial charge in [0.05, 0.1) is 20.3 Å². The number of methoxy groups -OCH3 is 1. The molecule has 8 nitrogen and oxygen atoms in total. The van der Waals surface area contributed by atoms with Gasteiger partial charge >= 0.3 is 17.9 Å². The maximum atomic E-state index is 12.5. The first-order chi connectivity index (χ1) is 18.4. The van der Waals surface area contributed by atoms with Gasteiger partial charge in [0.1, 0.15) is 12.2 Å². The van der Waals surface area contributed by atoms with E-state index in [1.807, 2.05) is 0 Å². The number of ether oxygens (including phenoxy) is 5. The number of rotatable bonds is 6. The van der Waals surface area contributed by atoms with Crippen molar-refractivity contribution in [3.8, 4) is 0 Å². The van der Waals surface area contributed by atoms with Crippen molar-refractivity contribution >= 4 is 17.9 Å². The van der Waals surface area contributed by atoms with Crippen LogP contribution >= 0.6 is 0 Å². The van der Waals surface area contributed by atoms with Crippen LogP contribution in [0, 0.1) is 46.3 Å². The van der Waals surface area contributed by atoms with E-state index in [4.69, 9.17) is 23.7 Å². The molecule has 10 atom stereocenters. The molecule has 0 radical (unpaired) electrons. The Morgan fingerprint density at radius 3 is 2.28 bits per heavy atom. The summed E-state index contributed by atoms with van der Waals surface area (Å²) in [6.07, 6.45) is 7.05. The second-order valence-corrected chi connectivity index (χ2v) is 13.7. The molecule has 0 unspecified atom stereocenters. The van der Waals surface area contributed by atoms with Crippen LogP contribution in [0.5, 0.6) is 0 Å². The maximum Gasteiger partial charge on any atom is 0.305 e. The van der Waals surface area contributed by atoms with Gasteiger partial charge < -0.3 is 23.7 Å². The van der Waals surface area contributed by atoms with Crippen molar-refractivity contribution in [3.05, 3.63) is 0 Å². The highest BCUT2D eigenvalue weighted by Gasteiger charge is 2.68. The molecule has 0 aromatic rings. The third kappa shape index (κ3) is 4.92. The molecule has 5 fully saturated rings. The van der Waals surface area contributed by atoms with Crippen LogP contribution in [0.2, 0.25) is 0 Å². The van der Waals surface area contributed by atoms with E-state index in [0.717, 1.165) is 51.4 Å². The Labute approximate surface area is 233 Å². The summed E-state index contributed by atoms with van der Waals surface area (Å²) in [5, 5.41) is 0. The molecule has 0 N–H and O–H groups in total. The summed E-state index contributed by atoms with van der Waals surface area (Å²) in [5.41, 5.74) is -0.228. The summed E-state index contributed by atoms with van der Waals surface area (Å²) in [4.78, 5) is 36.9. The molecule has 5 rings (SSSR count). The Morgan fingerprint density at radius 1 is 0.949 bits per heavy atom. The van der Waals surface area contributed by atoms with Crippen LogP contribution in [-0.2, 0) is 38.1 Å². The van der Waals surface area contributed by atoms with E-state index in [-0.39, 0.29) is 64.6 Å². The number of carbonyl (C=O) groups excluding carboxylic acids is 3. The first kappa shape index (κ1) is 28.8. The van der Waals surface area contributed by atoms with Gasteiger partial charge in [-0.25, -0.2) is 0 Å². The van der Waals surface area contributed by atoms with E-state index in [0.29, 0.717) is 31.5 Å². The van der Waals surface area contributed by atoms with Crippen LogP contribution in [0.15, 0.2) is 0 Å². The average molecular weight is 549 g/mol. The van der Waals surface area contributed by atoms with Crippen molar-refractivity contribution in [2.75, 3.05) is 20.3 Å². The molecule has 0 amide bonds. The lowest BCUT2D eigenvalue weighted by atomic mass is 9.42. The lowest BCUT2D eigenvalue weighted by molar-refractivity contribution is -0.257. The predicted molar refractivity (Wildman–Crippen MR) is 142 cm³/mol. The Morgan fingerprint density at radius 2 is 1.64 bits per heavy atom. The van der Waals surface area contributed by atoms with E-state index < -0.39 is 5.79 Å². The predicted octanol–water partition coefficient (Wildman–Crippen LogP) is 5.06. The number of hydrogen-bond donors (Lipinski definition) is 0. The van der Waals surface area contributed by atoms with Gasteiger partial charge in [-0.3, -0.25) is 14.4 Å². The van der Waals surface area contributed by atoms with Crippen LogP contribution in [0.25, 0.3) is 0 Å². The van der Waals surface area contributed by atoms with E-state index in [2.05, 4.69) is 20.8 Å². The van der Waals surface area contributed by atoms with E-state index in [1.54, 1.807) is 0 Å². The summed E-state index contributed by atoms with van der Waals surface area (Å²) in [6.45, 7) is 11.2. The van der Waals surface area contributed by atoms with Gasteiger partial charge in [0, 0.05) is 44.4 Å². The summed E-state index contributed by atoms with van der Waals surface area (Å²) in [7, 11) is 1.43. The topological polar surface area (TPSA) is 97.4 Å². The highest BCUT2D eigenvalue weighted by Crippen LogP contribution is 2.70. The Kier molecular flexibility index (Phi) is 7.86. The summed E-state index contributed by atoms with van der Waals surface area (Å²) in [5.74, 6) is 0.459. The van der Waals surface area contributed by atoms with Crippen LogP contribution in [0.1, 0.15) is 92.4 Å². The third-order valence-electron chi connectivity index (χ3n) is 12.0. The minimum Gasteiger partial charge on any atom is -0.469 e. The monoisotopic (exact) mass is 548 g/mol. The van der Waals surface area contributed by atoms with E-state index in [9.17, 15) is 14.4 Å². The van der Waals surface area contributed by atoms with E-state index >= 15 is 0 Å². The zero-order chi connectivity index (χ0) is 28.2. The molecular formula is C31H48O8. The van der Waals surface area contributed by atoms with Crippen LogP contribution in [-0.4, -0.2) is 56.2 Å². The van der Waals surface area contributed by atoms with Crippen LogP contribution in [0.4, 0.5) is 0 Å². The highest BCUT2D eigenvalue weighted by atomic mass is 16.7. The van der Waals surface area contributed by atoms with Crippen LogP contribution in [0.3, 0.4) is 0 Å². The molecule has 0 bridgehead atoms. The average Bonchev–Trinajstić information content (AvgIpc) is 3.48. The van der Waals surface area contributed by atoms with Gasteiger partial charge in [0.15, 0.2) is 5.79 Å². The maximum absolute atomic E-state index is 12.5. The summed E-state index contributed by atoms with van der Waals surface area (Å²) >= 11 is 0. The minimum absolute atomic E-state index is 0.0240. The van der Waals surface area contributed by atoms with Crippen molar-refractivity contribution in [1.82, 2.24) is 0 Å². The molecule has 1 spiro atoms. The summed E-state index contributed by atoms with van der Waals surface area (Å²) in [6, 6.07) is 0. The second-order valence-electron chi connectivity index (χ2n) is 13.7. The van der Waals surface area contributed by atoms with Crippen molar-refractivity contribution in [2.45, 2.75) is 110 Å². The first-order valence-electron chi connectivity index (χ1n) is 15.1. The Bertz CT molecular complexity index is 958. The number of carbonyl (C=O) groups is 3. The molecule has 1 aliphatic heterocycles. The second kappa shape index (κ2) is 10.6. The molecule has 1 saturated heterocycles.